The number of aryl methyl sites for hydroxylation is 1. The zero-order valence-corrected chi connectivity index (χ0v) is 21.0. The standard InChI is InChI=1S/C27H39N3OS/c1-5-23-9-6-7-10-25(23)28-26(32)30(16-8-15-29-17-19-31-20-18-29)21-22-11-13-24(14-12-22)27(2,3)4/h6-7,9-14H,5,8,15-21H2,1-4H3,(H,28,32). The molecule has 32 heavy (non-hydrogen) atoms. The molecule has 1 N–H and O–H groups in total. The van der Waals surface area contributed by atoms with E-state index in [1.807, 2.05) is 0 Å². The first-order valence-corrected chi connectivity index (χ1v) is 12.3. The second-order valence-electron chi connectivity index (χ2n) is 9.62. The number of hydrogen-bond donors (Lipinski definition) is 1. The molecule has 1 heterocycles. The normalized spacial score (nSPS) is 14.9. The summed E-state index contributed by atoms with van der Waals surface area (Å²) in [5.74, 6) is 0. The van der Waals surface area contributed by atoms with Gasteiger partial charge in [0.1, 0.15) is 0 Å². The van der Waals surface area contributed by atoms with Crippen molar-refractivity contribution < 1.29 is 4.74 Å². The first-order chi connectivity index (χ1) is 15.4. The van der Waals surface area contributed by atoms with Crippen molar-refractivity contribution in [3.8, 4) is 0 Å². The molecule has 3 rings (SSSR count). The van der Waals surface area contributed by atoms with Gasteiger partial charge in [-0.05, 0) is 53.2 Å². The fourth-order valence-electron chi connectivity index (χ4n) is 4.04. The highest BCUT2D eigenvalue weighted by atomic mass is 32.1. The first-order valence-electron chi connectivity index (χ1n) is 11.9. The molecule has 5 heteroatoms. The summed E-state index contributed by atoms with van der Waals surface area (Å²) in [4.78, 5) is 4.80. The molecule has 1 fully saturated rings. The Hall–Kier alpha value is -1.95. The van der Waals surface area contributed by atoms with Crippen molar-refractivity contribution in [2.45, 2.75) is 52.5 Å². The molecule has 1 aliphatic rings. The molecule has 0 aromatic heterocycles. The third-order valence-corrected chi connectivity index (χ3v) is 6.49. The van der Waals surface area contributed by atoms with Crippen LogP contribution in [-0.4, -0.2) is 54.3 Å². The van der Waals surface area contributed by atoms with Gasteiger partial charge in [0.05, 0.1) is 13.2 Å². The highest BCUT2D eigenvalue weighted by Gasteiger charge is 2.16. The van der Waals surface area contributed by atoms with E-state index >= 15 is 0 Å². The number of ether oxygens (including phenoxy) is 1. The summed E-state index contributed by atoms with van der Waals surface area (Å²) in [5.41, 5.74) is 5.21. The maximum atomic E-state index is 5.90. The Morgan fingerprint density at radius 2 is 1.75 bits per heavy atom. The number of morpholine rings is 1. The predicted octanol–water partition coefficient (Wildman–Crippen LogP) is 5.47. The Balaban J connectivity index is 1.68. The molecule has 0 atom stereocenters. The number of anilines is 1. The third-order valence-electron chi connectivity index (χ3n) is 6.13. The molecule has 0 amide bonds. The van der Waals surface area contributed by atoms with E-state index in [-0.39, 0.29) is 5.41 Å². The topological polar surface area (TPSA) is 27.7 Å². The van der Waals surface area contributed by atoms with Gasteiger partial charge >= 0.3 is 0 Å². The predicted molar refractivity (Wildman–Crippen MR) is 139 cm³/mol. The second-order valence-corrected chi connectivity index (χ2v) is 10.0. The van der Waals surface area contributed by atoms with Gasteiger partial charge in [0.25, 0.3) is 0 Å². The van der Waals surface area contributed by atoms with Crippen LogP contribution in [0.2, 0.25) is 0 Å². The zero-order chi connectivity index (χ0) is 23.0. The minimum absolute atomic E-state index is 0.164. The van der Waals surface area contributed by atoms with Crippen molar-refractivity contribution in [1.82, 2.24) is 9.80 Å². The van der Waals surface area contributed by atoms with Crippen LogP contribution in [0, 0.1) is 0 Å². The number of hydrogen-bond acceptors (Lipinski definition) is 3. The summed E-state index contributed by atoms with van der Waals surface area (Å²) in [7, 11) is 0. The Bertz CT molecular complexity index is 854. The Labute approximate surface area is 199 Å². The Morgan fingerprint density at radius 1 is 1.06 bits per heavy atom. The first kappa shape index (κ1) is 24.7. The summed E-state index contributed by atoms with van der Waals surface area (Å²) in [6.07, 6.45) is 2.06. The van der Waals surface area contributed by atoms with Gasteiger partial charge in [-0.25, -0.2) is 0 Å². The minimum atomic E-state index is 0.164. The maximum Gasteiger partial charge on any atom is 0.173 e. The van der Waals surface area contributed by atoms with E-state index in [0.717, 1.165) is 69.6 Å². The van der Waals surface area contributed by atoms with Gasteiger partial charge < -0.3 is 15.0 Å². The molecule has 174 valence electrons. The number of thiocarbonyl (C=S) groups is 1. The Kier molecular flexibility index (Phi) is 9.09. The lowest BCUT2D eigenvalue weighted by molar-refractivity contribution is 0.0368. The summed E-state index contributed by atoms with van der Waals surface area (Å²) in [5, 5.41) is 4.33. The molecule has 0 bridgehead atoms. The molecule has 0 saturated carbocycles. The van der Waals surface area contributed by atoms with Gasteiger partial charge in [0.15, 0.2) is 5.11 Å². The number of benzene rings is 2. The van der Waals surface area contributed by atoms with E-state index in [4.69, 9.17) is 17.0 Å². The quantitative estimate of drug-likeness (QED) is 0.535. The monoisotopic (exact) mass is 453 g/mol. The van der Waals surface area contributed by atoms with Crippen LogP contribution < -0.4 is 5.32 Å². The summed E-state index contributed by atoms with van der Waals surface area (Å²) < 4.78 is 5.48. The average Bonchev–Trinajstić information content (AvgIpc) is 2.79. The van der Waals surface area contributed by atoms with Crippen LogP contribution in [-0.2, 0) is 23.1 Å². The molecule has 2 aromatic carbocycles. The third kappa shape index (κ3) is 7.29. The molecular formula is C27H39N3OS. The SMILES string of the molecule is CCc1ccccc1NC(=S)N(CCCN1CCOCC1)Cc1ccc(C(C)(C)C)cc1. The van der Waals surface area contributed by atoms with Gasteiger partial charge in [-0.2, -0.15) is 0 Å². The number of rotatable bonds is 8. The summed E-state index contributed by atoms with van der Waals surface area (Å²) in [6.45, 7) is 15.5. The highest BCUT2D eigenvalue weighted by molar-refractivity contribution is 7.80. The van der Waals surface area contributed by atoms with Crippen molar-refractivity contribution in [1.29, 1.82) is 0 Å². The van der Waals surface area contributed by atoms with E-state index in [0.29, 0.717) is 0 Å². The highest BCUT2D eigenvalue weighted by Crippen LogP contribution is 2.23. The lowest BCUT2D eigenvalue weighted by Crippen LogP contribution is -2.40. The van der Waals surface area contributed by atoms with Crippen LogP contribution >= 0.6 is 12.2 Å². The van der Waals surface area contributed by atoms with E-state index < -0.39 is 0 Å². The van der Waals surface area contributed by atoms with Gasteiger partial charge in [-0.15, -0.1) is 0 Å². The van der Waals surface area contributed by atoms with Crippen LogP contribution in [0.4, 0.5) is 5.69 Å². The van der Waals surface area contributed by atoms with Crippen molar-refractivity contribution >= 4 is 23.0 Å². The lowest BCUT2D eigenvalue weighted by atomic mass is 9.87. The van der Waals surface area contributed by atoms with Crippen LogP contribution in [0.5, 0.6) is 0 Å². The fourth-order valence-corrected chi connectivity index (χ4v) is 4.30. The van der Waals surface area contributed by atoms with Crippen molar-refractivity contribution in [2.75, 3.05) is 44.7 Å². The van der Waals surface area contributed by atoms with E-state index in [1.54, 1.807) is 0 Å². The molecule has 2 aromatic rings. The average molecular weight is 454 g/mol. The molecule has 4 nitrogen and oxygen atoms in total. The van der Waals surface area contributed by atoms with E-state index in [9.17, 15) is 0 Å². The van der Waals surface area contributed by atoms with Crippen molar-refractivity contribution in [3.05, 3.63) is 65.2 Å². The van der Waals surface area contributed by atoms with Gasteiger partial charge in [0.2, 0.25) is 0 Å². The smallest absolute Gasteiger partial charge is 0.173 e. The van der Waals surface area contributed by atoms with Crippen molar-refractivity contribution in [2.24, 2.45) is 0 Å². The molecule has 1 aliphatic heterocycles. The van der Waals surface area contributed by atoms with Crippen molar-refractivity contribution in [3.63, 3.8) is 0 Å². The van der Waals surface area contributed by atoms with Crippen LogP contribution in [0.3, 0.4) is 0 Å². The fraction of sp³-hybridized carbons (Fsp3) is 0.519. The molecule has 0 unspecified atom stereocenters. The lowest BCUT2D eigenvalue weighted by Gasteiger charge is -2.30. The Morgan fingerprint density at radius 3 is 2.41 bits per heavy atom. The minimum Gasteiger partial charge on any atom is -0.379 e. The van der Waals surface area contributed by atoms with Gasteiger partial charge in [-0.1, -0.05) is 70.2 Å². The number of nitrogens with zero attached hydrogens (tertiary/aromatic N) is 2. The van der Waals surface area contributed by atoms with Crippen LogP contribution in [0.1, 0.15) is 50.8 Å². The zero-order valence-electron chi connectivity index (χ0n) is 20.2. The van der Waals surface area contributed by atoms with E-state index in [1.165, 1.54) is 16.7 Å². The second kappa shape index (κ2) is 11.8. The summed E-state index contributed by atoms with van der Waals surface area (Å²) >= 11 is 5.90. The summed E-state index contributed by atoms with van der Waals surface area (Å²) in [6, 6.07) is 17.4. The molecular weight excluding hydrogens is 414 g/mol. The van der Waals surface area contributed by atoms with Crippen LogP contribution in [0.25, 0.3) is 0 Å². The van der Waals surface area contributed by atoms with Crippen LogP contribution in [0.15, 0.2) is 48.5 Å². The molecule has 0 aliphatic carbocycles. The number of para-hydroxylation sites is 1. The number of nitrogens with one attached hydrogen (secondary N) is 1. The molecule has 0 spiro atoms. The maximum absolute atomic E-state index is 5.90. The van der Waals surface area contributed by atoms with Gasteiger partial charge in [0, 0.05) is 38.4 Å². The van der Waals surface area contributed by atoms with E-state index in [2.05, 4.69) is 91.3 Å². The van der Waals surface area contributed by atoms with Gasteiger partial charge in [-0.3, -0.25) is 4.90 Å². The molecule has 1 saturated heterocycles. The molecule has 0 radical (unpaired) electrons. The largest absolute Gasteiger partial charge is 0.379 e.